The molecule has 1 aromatic heterocycles. The van der Waals surface area contributed by atoms with Crippen molar-refractivity contribution < 1.29 is 0 Å². The van der Waals surface area contributed by atoms with Crippen LogP contribution >= 0.6 is 34.9 Å². The van der Waals surface area contributed by atoms with Gasteiger partial charge in [0.2, 0.25) is 0 Å². The second-order valence-electron chi connectivity index (χ2n) is 4.57. The van der Waals surface area contributed by atoms with Gasteiger partial charge in [0, 0.05) is 40.4 Å². The molecule has 5 heteroatoms. The Morgan fingerprint density at radius 3 is 2.88 bits per heavy atom. The molecule has 2 heterocycles. The first-order valence-corrected chi connectivity index (χ1v) is 8.99. The SMILES string of the molecule is CC(C)NCc1cnc(C2SCCSC2C)s1. The van der Waals surface area contributed by atoms with Gasteiger partial charge in [-0.05, 0) is 0 Å². The van der Waals surface area contributed by atoms with Gasteiger partial charge < -0.3 is 5.32 Å². The van der Waals surface area contributed by atoms with Crippen LogP contribution in [0.1, 0.15) is 35.9 Å². The first kappa shape index (κ1) is 13.7. The first-order chi connectivity index (χ1) is 8.16. The number of nitrogens with one attached hydrogen (secondary N) is 1. The van der Waals surface area contributed by atoms with Gasteiger partial charge in [-0.3, -0.25) is 0 Å². The molecule has 0 amide bonds. The van der Waals surface area contributed by atoms with Crippen molar-refractivity contribution in [2.75, 3.05) is 11.5 Å². The lowest BCUT2D eigenvalue weighted by molar-refractivity contribution is 0.593. The summed E-state index contributed by atoms with van der Waals surface area (Å²) in [6.45, 7) is 7.64. The van der Waals surface area contributed by atoms with Crippen LogP contribution in [0.2, 0.25) is 0 Å². The van der Waals surface area contributed by atoms with Crippen molar-refractivity contribution in [1.82, 2.24) is 10.3 Å². The molecule has 0 radical (unpaired) electrons. The maximum Gasteiger partial charge on any atom is 0.107 e. The van der Waals surface area contributed by atoms with Crippen LogP contribution in [0.3, 0.4) is 0 Å². The fraction of sp³-hybridized carbons (Fsp3) is 0.750. The number of rotatable bonds is 4. The van der Waals surface area contributed by atoms with Crippen molar-refractivity contribution in [3.05, 3.63) is 16.1 Å². The molecule has 1 aliphatic heterocycles. The first-order valence-electron chi connectivity index (χ1n) is 6.08. The van der Waals surface area contributed by atoms with E-state index in [0.29, 0.717) is 16.5 Å². The minimum atomic E-state index is 0.541. The molecule has 0 bridgehead atoms. The molecule has 1 aliphatic rings. The highest BCUT2D eigenvalue weighted by Gasteiger charge is 2.26. The Morgan fingerprint density at radius 1 is 1.41 bits per heavy atom. The molecule has 2 unspecified atom stereocenters. The Balaban J connectivity index is 1.97. The monoisotopic (exact) mass is 288 g/mol. The van der Waals surface area contributed by atoms with Crippen LogP contribution in [0.5, 0.6) is 0 Å². The number of hydrogen-bond donors (Lipinski definition) is 1. The van der Waals surface area contributed by atoms with Gasteiger partial charge in [-0.2, -0.15) is 11.8 Å². The highest BCUT2D eigenvalue weighted by molar-refractivity contribution is 8.06. The minimum Gasteiger partial charge on any atom is -0.310 e. The van der Waals surface area contributed by atoms with Crippen LogP contribution in [0.15, 0.2) is 6.20 Å². The van der Waals surface area contributed by atoms with Crippen LogP contribution in [0, 0.1) is 0 Å². The lowest BCUT2D eigenvalue weighted by atomic mass is 10.3. The van der Waals surface area contributed by atoms with E-state index in [9.17, 15) is 0 Å². The number of hydrogen-bond acceptors (Lipinski definition) is 5. The van der Waals surface area contributed by atoms with Crippen molar-refractivity contribution in [1.29, 1.82) is 0 Å². The van der Waals surface area contributed by atoms with E-state index in [0.717, 1.165) is 6.54 Å². The average molecular weight is 289 g/mol. The van der Waals surface area contributed by atoms with Crippen molar-refractivity contribution >= 4 is 34.9 Å². The fourth-order valence-corrected chi connectivity index (χ4v) is 5.78. The largest absolute Gasteiger partial charge is 0.310 e. The number of thiazole rings is 1. The third-order valence-corrected chi connectivity index (χ3v) is 7.02. The van der Waals surface area contributed by atoms with E-state index in [1.165, 1.54) is 21.4 Å². The van der Waals surface area contributed by atoms with Crippen LogP contribution in [0.4, 0.5) is 0 Å². The van der Waals surface area contributed by atoms with E-state index >= 15 is 0 Å². The predicted molar refractivity (Wildman–Crippen MR) is 81.2 cm³/mol. The molecule has 0 spiro atoms. The summed E-state index contributed by atoms with van der Waals surface area (Å²) in [5, 5.41) is 6.07. The summed E-state index contributed by atoms with van der Waals surface area (Å²) < 4.78 is 0. The maximum atomic E-state index is 4.61. The van der Waals surface area contributed by atoms with Crippen LogP contribution in [-0.4, -0.2) is 27.8 Å². The number of aromatic nitrogens is 1. The Hall–Kier alpha value is 0.290. The van der Waals surface area contributed by atoms with Gasteiger partial charge >= 0.3 is 0 Å². The zero-order chi connectivity index (χ0) is 12.3. The molecular formula is C12H20N2S3. The van der Waals surface area contributed by atoms with E-state index < -0.39 is 0 Å². The second kappa shape index (κ2) is 6.45. The Bertz CT molecular complexity index is 351. The molecule has 2 nitrogen and oxygen atoms in total. The van der Waals surface area contributed by atoms with Gasteiger partial charge in [0.05, 0.1) is 5.25 Å². The summed E-state index contributed by atoms with van der Waals surface area (Å²) in [7, 11) is 0. The highest BCUT2D eigenvalue weighted by atomic mass is 32.2. The highest BCUT2D eigenvalue weighted by Crippen LogP contribution is 2.43. The predicted octanol–water partition coefficient (Wildman–Crippen LogP) is 3.55. The Labute approximate surface area is 116 Å². The molecule has 17 heavy (non-hydrogen) atoms. The summed E-state index contributed by atoms with van der Waals surface area (Å²) in [5.74, 6) is 2.55. The molecule has 2 rings (SSSR count). The summed E-state index contributed by atoms with van der Waals surface area (Å²) in [6.07, 6.45) is 2.04. The third kappa shape index (κ3) is 3.88. The number of thioether (sulfide) groups is 2. The van der Waals surface area contributed by atoms with E-state index in [-0.39, 0.29) is 0 Å². The smallest absolute Gasteiger partial charge is 0.107 e. The topological polar surface area (TPSA) is 24.9 Å². The van der Waals surface area contributed by atoms with E-state index in [1.54, 1.807) is 0 Å². The zero-order valence-corrected chi connectivity index (χ0v) is 13.1. The molecule has 1 saturated heterocycles. The van der Waals surface area contributed by atoms with E-state index in [4.69, 9.17) is 0 Å². The van der Waals surface area contributed by atoms with Crippen molar-refractivity contribution in [3.8, 4) is 0 Å². The molecule has 0 aliphatic carbocycles. The van der Waals surface area contributed by atoms with E-state index in [2.05, 4.69) is 54.6 Å². The molecular weight excluding hydrogens is 268 g/mol. The molecule has 0 aromatic carbocycles. The average Bonchev–Trinajstić information content (AvgIpc) is 2.75. The molecule has 2 atom stereocenters. The normalized spacial score (nSPS) is 25.4. The van der Waals surface area contributed by atoms with Crippen molar-refractivity contribution in [2.45, 2.75) is 43.9 Å². The van der Waals surface area contributed by atoms with E-state index in [1.807, 2.05) is 17.5 Å². The standard InChI is InChI=1S/C12H20N2S3/c1-8(2)13-6-10-7-14-12(17-10)11-9(3)15-4-5-16-11/h7-9,11,13H,4-6H2,1-3H3. The summed E-state index contributed by atoms with van der Waals surface area (Å²) in [6, 6.07) is 0.541. The molecule has 1 N–H and O–H groups in total. The van der Waals surface area contributed by atoms with Crippen LogP contribution in [-0.2, 0) is 6.54 Å². The van der Waals surface area contributed by atoms with Gasteiger partial charge in [-0.25, -0.2) is 4.98 Å². The summed E-state index contributed by atoms with van der Waals surface area (Å²) in [5.41, 5.74) is 0. The molecule has 0 saturated carbocycles. The van der Waals surface area contributed by atoms with Crippen molar-refractivity contribution in [2.24, 2.45) is 0 Å². The minimum absolute atomic E-state index is 0.541. The Kier molecular flexibility index (Phi) is 5.21. The summed E-state index contributed by atoms with van der Waals surface area (Å²) >= 11 is 6.02. The quantitative estimate of drug-likeness (QED) is 0.916. The van der Waals surface area contributed by atoms with Gasteiger partial charge in [0.15, 0.2) is 0 Å². The second-order valence-corrected chi connectivity index (χ2v) is 8.45. The van der Waals surface area contributed by atoms with Gasteiger partial charge in [-0.15, -0.1) is 23.1 Å². The third-order valence-electron chi connectivity index (χ3n) is 2.69. The summed E-state index contributed by atoms with van der Waals surface area (Å²) in [4.78, 5) is 5.97. The van der Waals surface area contributed by atoms with Gasteiger partial charge in [0.1, 0.15) is 5.01 Å². The lowest BCUT2D eigenvalue weighted by Crippen LogP contribution is -2.21. The Morgan fingerprint density at radius 2 is 2.18 bits per heavy atom. The van der Waals surface area contributed by atoms with Crippen LogP contribution in [0.25, 0.3) is 0 Å². The van der Waals surface area contributed by atoms with Crippen molar-refractivity contribution in [3.63, 3.8) is 0 Å². The molecule has 1 aromatic rings. The number of nitrogens with zero attached hydrogens (tertiary/aromatic N) is 1. The fourth-order valence-electron chi connectivity index (χ4n) is 1.74. The lowest BCUT2D eigenvalue weighted by Gasteiger charge is -2.25. The maximum absolute atomic E-state index is 4.61. The van der Waals surface area contributed by atoms with Crippen LogP contribution < -0.4 is 5.32 Å². The molecule has 1 fully saturated rings. The molecule has 96 valence electrons. The van der Waals surface area contributed by atoms with Gasteiger partial charge in [-0.1, -0.05) is 20.8 Å². The van der Waals surface area contributed by atoms with Gasteiger partial charge in [0.25, 0.3) is 0 Å². The zero-order valence-electron chi connectivity index (χ0n) is 10.6.